The Bertz CT molecular complexity index is 3220. The van der Waals surface area contributed by atoms with Gasteiger partial charge in [-0.1, -0.05) is 206 Å². The fraction of sp³-hybridized carbons (Fsp3) is 0.0476. The Morgan fingerprint density at radius 2 is 0.646 bits per heavy atom. The first-order chi connectivity index (χ1) is 32.2. The van der Waals surface area contributed by atoms with Gasteiger partial charge in [-0.05, 0) is 103 Å². The van der Waals surface area contributed by atoms with Gasteiger partial charge >= 0.3 is 0 Å². The monoisotopic (exact) mass is 830 g/mol. The Balaban J connectivity index is 0.966. The maximum Gasteiger partial charge on any atom is 0.178 e. The molecule has 0 N–H and O–H groups in total. The minimum Gasteiger partial charge on any atom is -0.473 e. The van der Waals surface area contributed by atoms with Gasteiger partial charge in [0.1, 0.15) is 11.5 Å². The lowest BCUT2D eigenvalue weighted by molar-refractivity contribution is 0.161. The predicted octanol–water partition coefficient (Wildman–Crippen LogP) is 15.1. The van der Waals surface area contributed by atoms with Crippen LogP contribution in [0.3, 0.4) is 0 Å². The second-order valence-corrected chi connectivity index (χ2v) is 17.5. The molecular formula is C63H42O2. The van der Waals surface area contributed by atoms with E-state index in [2.05, 4.69) is 255 Å². The zero-order valence-corrected chi connectivity index (χ0v) is 35.6. The molecule has 0 aromatic heterocycles. The van der Waals surface area contributed by atoms with Crippen molar-refractivity contribution < 1.29 is 9.47 Å². The van der Waals surface area contributed by atoms with Crippen LogP contribution in [0.25, 0.3) is 44.8 Å². The van der Waals surface area contributed by atoms with E-state index in [1.54, 1.807) is 0 Å². The van der Waals surface area contributed by atoms with Crippen LogP contribution in [0, 0.1) is 0 Å². The maximum absolute atomic E-state index is 7.15. The Hall–Kier alpha value is -8.20. The van der Waals surface area contributed by atoms with Crippen LogP contribution in [0.1, 0.15) is 55.6 Å². The van der Waals surface area contributed by atoms with Crippen molar-refractivity contribution in [3.8, 4) is 22.6 Å². The summed E-state index contributed by atoms with van der Waals surface area (Å²) in [4.78, 5) is 0. The molecule has 65 heavy (non-hydrogen) atoms. The van der Waals surface area contributed by atoms with Crippen molar-refractivity contribution in [1.82, 2.24) is 0 Å². The van der Waals surface area contributed by atoms with Crippen LogP contribution >= 0.6 is 0 Å². The third-order valence-corrected chi connectivity index (χ3v) is 14.2. The lowest BCUT2D eigenvalue weighted by atomic mass is 9.67. The summed E-state index contributed by atoms with van der Waals surface area (Å²) >= 11 is 0. The summed E-state index contributed by atoms with van der Waals surface area (Å²) < 4.78 is 14.3. The van der Waals surface area contributed by atoms with E-state index in [1.165, 1.54) is 44.2 Å². The zero-order valence-electron chi connectivity index (χ0n) is 35.6. The maximum atomic E-state index is 7.15. The highest BCUT2D eigenvalue weighted by atomic mass is 16.5. The van der Waals surface area contributed by atoms with E-state index in [0.717, 1.165) is 55.7 Å². The van der Waals surface area contributed by atoms with Crippen molar-refractivity contribution in [3.05, 3.63) is 298 Å². The molecule has 306 valence electrons. The first-order valence-electron chi connectivity index (χ1n) is 22.5. The number of rotatable bonds is 6. The SMILES string of the molecule is C1=CC(c2ccccc2)(c2ccccc2)Oc2ccc3cc(C4(c5ccc6c7c(ccc6c5)OC(c5ccccc5)(c5ccccc5)C=C7)c5ccccc5-c5ccccc54)ccc3c21. The first kappa shape index (κ1) is 37.4. The molecular weight excluding hydrogens is 789 g/mol. The summed E-state index contributed by atoms with van der Waals surface area (Å²) in [6, 6.07) is 83.0. The largest absolute Gasteiger partial charge is 0.473 e. The van der Waals surface area contributed by atoms with Crippen molar-refractivity contribution in [2.24, 2.45) is 0 Å². The van der Waals surface area contributed by atoms with Gasteiger partial charge in [0.2, 0.25) is 0 Å². The summed E-state index contributed by atoms with van der Waals surface area (Å²) in [6.45, 7) is 0. The Kier molecular flexibility index (Phi) is 8.29. The fourth-order valence-electron chi connectivity index (χ4n) is 11.2. The summed E-state index contributed by atoms with van der Waals surface area (Å²) in [5, 5.41) is 4.65. The minimum atomic E-state index is -0.741. The molecule has 0 spiro atoms. The molecule has 0 fully saturated rings. The lowest BCUT2D eigenvalue weighted by Crippen LogP contribution is -2.34. The van der Waals surface area contributed by atoms with Crippen LogP contribution < -0.4 is 9.47 Å². The van der Waals surface area contributed by atoms with Crippen molar-refractivity contribution in [2.75, 3.05) is 0 Å². The van der Waals surface area contributed by atoms with Crippen LogP contribution in [0.4, 0.5) is 0 Å². The summed E-state index contributed by atoms with van der Waals surface area (Å²) in [6.07, 6.45) is 9.00. The number of hydrogen-bond acceptors (Lipinski definition) is 2. The molecule has 0 radical (unpaired) electrons. The van der Waals surface area contributed by atoms with Gasteiger partial charge in [-0.3, -0.25) is 0 Å². The summed E-state index contributed by atoms with van der Waals surface area (Å²) in [7, 11) is 0. The fourth-order valence-corrected chi connectivity index (χ4v) is 11.2. The second kappa shape index (κ2) is 14.4. The molecule has 0 bridgehead atoms. The molecule has 2 heteroatoms. The molecule has 2 aliphatic heterocycles. The zero-order chi connectivity index (χ0) is 43.0. The molecule has 3 aliphatic rings. The highest BCUT2D eigenvalue weighted by Gasteiger charge is 2.47. The molecule has 0 saturated carbocycles. The molecule has 0 unspecified atom stereocenters. The highest BCUT2D eigenvalue weighted by Crippen LogP contribution is 2.57. The van der Waals surface area contributed by atoms with Gasteiger partial charge in [0.05, 0.1) is 5.41 Å². The molecule has 0 atom stereocenters. The van der Waals surface area contributed by atoms with Gasteiger partial charge < -0.3 is 9.47 Å². The van der Waals surface area contributed by atoms with Gasteiger partial charge in [-0.25, -0.2) is 0 Å². The molecule has 10 aromatic rings. The van der Waals surface area contributed by atoms with Crippen molar-refractivity contribution in [3.63, 3.8) is 0 Å². The normalized spacial score (nSPS) is 15.6. The van der Waals surface area contributed by atoms with Crippen molar-refractivity contribution in [1.29, 1.82) is 0 Å². The smallest absolute Gasteiger partial charge is 0.178 e. The van der Waals surface area contributed by atoms with Crippen molar-refractivity contribution in [2.45, 2.75) is 16.6 Å². The van der Waals surface area contributed by atoms with E-state index in [9.17, 15) is 0 Å². The van der Waals surface area contributed by atoms with Crippen LogP contribution in [-0.4, -0.2) is 0 Å². The first-order valence-corrected chi connectivity index (χ1v) is 22.5. The molecule has 13 rings (SSSR count). The Morgan fingerprint density at radius 1 is 0.292 bits per heavy atom. The molecule has 1 aliphatic carbocycles. The quantitative estimate of drug-likeness (QED) is 0.166. The van der Waals surface area contributed by atoms with Crippen LogP contribution in [0.2, 0.25) is 0 Å². The molecule has 10 aromatic carbocycles. The van der Waals surface area contributed by atoms with Gasteiger partial charge in [0.15, 0.2) is 11.2 Å². The van der Waals surface area contributed by atoms with E-state index < -0.39 is 16.6 Å². The van der Waals surface area contributed by atoms with E-state index in [-0.39, 0.29) is 0 Å². The number of fused-ring (bicyclic) bond motifs is 9. The number of ether oxygens (including phenoxy) is 2. The standard InChI is InChI=1S/C63H42O2/c1-5-17-45(18-6-1)61(46-19-7-2-8-20-46)39-37-55-51-33-31-49(41-43(51)29-35-59(55)64-61)63(57-27-15-13-25-53(57)54-26-14-16-28-58(54)63)50-32-34-52-44(42-50)30-36-60-56(52)38-40-62(65-60,47-21-9-3-10-22-47)48-23-11-4-12-24-48/h1-42H. The van der Waals surface area contributed by atoms with Gasteiger partial charge in [-0.2, -0.15) is 0 Å². The summed E-state index contributed by atoms with van der Waals surface area (Å²) in [5.74, 6) is 1.74. The third kappa shape index (κ3) is 5.47. The highest BCUT2D eigenvalue weighted by molar-refractivity contribution is 5.98. The number of benzene rings is 10. The minimum absolute atomic E-state index is 0.578. The van der Waals surface area contributed by atoms with E-state index in [1.807, 2.05) is 0 Å². The lowest BCUT2D eigenvalue weighted by Gasteiger charge is -2.37. The van der Waals surface area contributed by atoms with Crippen LogP contribution in [-0.2, 0) is 16.6 Å². The topological polar surface area (TPSA) is 18.5 Å². The van der Waals surface area contributed by atoms with Gasteiger partial charge in [0, 0.05) is 33.4 Å². The van der Waals surface area contributed by atoms with E-state index in [0.29, 0.717) is 0 Å². The third-order valence-electron chi connectivity index (χ3n) is 14.2. The van der Waals surface area contributed by atoms with E-state index in [4.69, 9.17) is 9.47 Å². The number of hydrogen-bond donors (Lipinski definition) is 0. The van der Waals surface area contributed by atoms with E-state index >= 15 is 0 Å². The average molecular weight is 831 g/mol. The predicted molar refractivity (Wildman–Crippen MR) is 265 cm³/mol. The van der Waals surface area contributed by atoms with Gasteiger partial charge in [0.25, 0.3) is 0 Å². The Labute approximate surface area is 379 Å². The van der Waals surface area contributed by atoms with Crippen LogP contribution in [0.5, 0.6) is 11.5 Å². The Morgan fingerprint density at radius 3 is 1.03 bits per heavy atom. The van der Waals surface area contributed by atoms with Gasteiger partial charge in [-0.15, -0.1) is 0 Å². The average Bonchev–Trinajstić information content (AvgIpc) is 3.70. The molecule has 2 nitrogen and oxygen atoms in total. The second-order valence-electron chi connectivity index (χ2n) is 17.5. The molecule has 0 amide bonds. The molecule has 0 saturated heterocycles. The van der Waals surface area contributed by atoms with Crippen LogP contribution in [0.15, 0.2) is 243 Å². The summed E-state index contributed by atoms with van der Waals surface area (Å²) in [5.41, 5.74) is 12.0. The molecule has 2 heterocycles. The van der Waals surface area contributed by atoms with Crippen molar-refractivity contribution >= 4 is 33.7 Å².